The number of aliphatic hydroxyl groups is 1. The molecule has 2 aromatic carbocycles. The monoisotopic (exact) mass is 443 g/mol. The number of rotatable bonds is 8. The Bertz CT molecular complexity index is 1190. The number of pyridine rings is 1. The number of ether oxygens (including phenoxy) is 1. The smallest absolute Gasteiger partial charge is 0.163 e. The topological polar surface area (TPSA) is 76.5 Å². The number of hydrogen-bond donors (Lipinski definition) is 1. The number of aromatic nitrogens is 1. The molecule has 1 aromatic heterocycles. The highest BCUT2D eigenvalue weighted by atomic mass is 16.5. The van der Waals surface area contributed by atoms with Crippen LogP contribution in [0.15, 0.2) is 60.9 Å². The Morgan fingerprint density at radius 2 is 1.76 bits per heavy atom. The molecule has 1 aliphatic heterocycles. The number of nitrogens with zero attached hydrogens (tertiary/aromatic N) is 1. The van der Waals surface area contributed by atoms with Crippen molar-refractivity contribution in [2.24, 2.45) is 0 Å². The lowest BCUT2D eigenvalue weighted by molar-refractivity contribution is 0.0633. The summed E-state index contributed by atoms with van der Waals surface area (Å²) in [5, 5.41) is 9.86. The maximum atomic E-state index is 12.9. The van der Waals surface area contributed by atoms with E-state index in [1.165, 1.54) is 0 Å². The van der Waals surface area contributed by atoms with E-state index < -0.39 is 5.60 Å². The van der Waals surface area contributed by atoms with Crippen LogP contribution < -0.4 is 4.74 Å². The Balaban J connectivity index is 1.43. The molecule has 0 bridgehead atoms. The second-order valence-corrected chi connectivity index (χ2v) is 9.29. The molecular weight excluding hydrogens is 414 g/mol. The minimum atomic E-state index is -0.866. The Labute approximate surface area is 194 Å². The van der Waals surface area contributed by atoms with Crippen molar-refractivity contribution < 1.29 is 19.4 Å². The van der Waals surface area contributed by atoms with Gasteiger partial charge in [0.05, 0.1) is 5.60 Å². The van der Waals surface area contributed by atoms with Gasteiger partial charge in [-0.05, 0) is 69.0 Å². The highest BCUT2D eigenvalue weighted by molar-refractivity contribution is 5.98. The number of fused-ring (bicyclic) bond motifs is 3. The zero-order valence-electron chi connectivity index (χ0n) is 19.3. The molecule has 0 radical (unpaired) electrons. The van der Waals surface area contributed by atoms with Gasteiger partial charge in [-0.3, -0.25) is 14.6 Å². The maximum Gasteiger partial charge on any atom is 0.163 e. The molecule has 3 aromatic rings. The molecule has 0 amide bonds. The molecule has 5 nitrogen and oxygen atoms in total. The lowest BCUT2D eigenvalue weighted by Crippen LogP contribution is -2.19. The first kappa shape index (κ1) is 22.9. The Morgan fingerprint density at radius 1 is 1.00 bits per heavy atom. The summed E-state index contributed by atoms with van der Waals surface area (Å²) in [6.45, 7) is 5.38. The first-order valence-corrected chi connectivity index (χ1v) is 11.3. The predicted molar refractivity (Wildman–Crippen MR) is 128 cm³/mol. The Morgan fingerprint density at radius 3 is 2.55 bits per heavy atom. The van der Waals surface area contributed by atoms with Gasteiger partial charge in [0.2, 0.25) is 0 Å². The van der Waals surface area contributed by atoms with Crippen molar-refractivity contribution in [2.75, 3.05) is 0 Å². The van der Waals surface area contributed by atoms with Crippen LogP contribution in [0.25, 0.3) is 11.1 Å². The van der Waals surface area contributed by atoms with Gasteiger partial charge in [0, 0.05) is 47.5 Å². The number of carbonyl (C=O) groups excluding carboxylic acids is 2. The quantitative estimate of drug-likeness (QED) is 0.449. The SMILES string of the molecule is CC1Oc2cc(C(=O)CCc3cccc(C(=O)CCC(C)(C)O)c3)ccc2-c2ccncc21. The van der Waals surface area contributed by atoms with Gasteiger partial charge in [-0.15, -0.1) is 0 Å². The third kappa shape index (κ3) is 5.37. The van der Waals surface area contributed by atoms with Crippen LogP contribution in [0.2, 0.25) is 0 Å². The van der Waals surface area contributed by atoms with Gasteiger partial charge in [-0.25, -0.2) is 0 Å². The number of hydrogen-bond acceptors (Lipinski definition) is 5. The molecule has 0 spiro atoms. The highest BCUT2D eigenvalue weighted by Gasteiger charge is 2.24. The fourth-order valence-corrected chi connectivity index (χ4v) is 4.11. The van der Waals surface area contributed by atoms with Gasteiger partial charge >= 0.3 is 0 Å². The number of carbonyl (C=O) groups is 2. The summed E-state index contributed by atoms with van der Waals surface area (Å²) in [5.74, 6) is 0.751. The van der Waals surface area contributed by atoms with E-state index in [0.717, 1.165) is 22.3 Å². The van der Waals surface area contributed by atoms with E-state index in [4.69, 9.17) is 4.74 Å². The molecule has 5 heteroatoms. The number of Topliss-reactive ketones (excluding diaryl/α,β-unsaturated/α-hetero) is 2. The molecular formula is C28H29NO4. The van der Waals surface area contributed by atoms with Gasteiger partial charge < -0.3 is 9.84 Å². The molecule has 0 saturated carbocycles. The van der Waals surface area contributed by atoms with Crippen molar-refractivity contribution in [1.29, 1.82) is 0 Å². The second kappa shape index (κ2) is 9.28. The first-order valence-electron chi connectivity index (χ1n) is 11.3. The molecule has 0 aliphatic carbocycles. The van der Waals surface area contributed by atoms with E-state index in [1.54, 1.807) is 26.1 Å². The summed E-state index contributed by atoms with van der Waals surface area (Å²) in [5.41, 5.74) is 4.42. The number of aryl methyl sites for hydroxylation is 1. The molecule has 1 unspecified atom stereocenters. The number of ketones is 2. The van der Waals surface area contributed by atoms with Crippen LogP contribution in [0.5, 0.6) is 5.75 Å². The van der Waals surface area contributed by atoms with E-state index in [-0.39, 0.29) is 17.7 Å². The fourth-order valence-electron chi connectivity index (χ4n) is 4.11. The lowest BCUT2D eigenvalue weighted by atomic mass is 9.93. The van der Waals surface area contributed by atoms with Gasteiger partial charge in [0.1, 0.15) is 11.9 Å². The molecule has 1 aliphatic rings. The van der Waals surface area contributed by atoms with Gasteiger partial charge in [0.25, 0.3) is 0 Å². The Hall–Kier alpha value is -3.31. The normalized spacial score (nSPS) is 14.7. The van der Waals surface area contributed by atoms with Crippen LogP contribution >= 0.6 is 0 Å². The van der Waals surface area contributed by atoms with Crippen LogP contribution in [0, 0.1) is 0 Å². The molecule has 1 atom stereocenters. The lowest BCUT2D eigenvalue weighted by Gasteiger charge is -2.26. The van der Waals surface area contributed by atoms with Gasteiger partial charge in [-0.1, -0.05) is 24.3 Å². The molecule has 33 heavy (non-hydrogen) atoms. The average Bonchev–Trinajstić information content (AvgIpc) is 2.80. The maximum absolute atomic E-state index is 12.9. The van der Waals surface area contributed by atoms with Crippen LogP contribution in [0.3, 0.4) is 0 Å². The zero-order chi connectivity index (χ0) is 23.6. The fraction of sp³-hybridized carbons (Fsp3) is 0.321. The van der Waals surface area contributed by atoms with E-state index in [9.17, 15) is 14.7 Å². The van der Waals surface area contributed by atoms with Crippen LogP contribution in [0.4, 0.5) is 0 Å². The van der Waals surface area contributed by atoms with Crippen molar-refractivity contribution in [3.05, 3.63) is 83.2 Å². The summed E-state index contributed by atoms with van der Waals surface area (Å²) >= 11 is 0. The first-order chi connectivity index (χ1) is 15.7. The minimum Gasteiger partial charge on any atom is -0.485 e. The molecule has 170 valence electrons. The van der Waals surface area contributed by atoms with E-state index >= 15 is 0 Å². The highest BCUT2D eigenvalue weighted by Crippen LogP contribution is 2.42. The van der Waals surface area contributed by atoms with Crippen molar-refractivity contribution >= 4 is 11.6 Å². The molecule has 0 fully saturated rings. The standard InChI is InChI=1S/C28H29NO4/c1-18-24-17-29-14-12-22(24)23-9-8-21(16-27(23)33-18)25(30)10-7-19-5-4-6-20(15-19)26(31)11-13-28(2,3)32/h4-6,8-9,12,14-18,32H,7,10-11,13H2,1-3H3. The second-order valence-electron chi connectivity index (χ2n) is 9.29. The molecule has 1 N–H and O–H groups in total. The summed E-state index contributed by atoms with van der Waals surface area (Å²) < 4.78 is 6.05. The van der Waals surface area contributed by atoms with Crippen molar-refractivity contribution in [2.45, 2.75) is 58.2 Å². The zero-order valence-corrected chi connectivity index (χ0v) is 19.3. The van der Waals surface area contributed by atoms with Crippen molar-refractivity contribution in [1.82, 2.24) is 4.98 Å². The average molecular weight is 444 g/mol. The summed E-state index contributed by atoms with van der Waals surface area (Å²) in [6.07, 6.45) is 5.06. The van der Waals surface area contributed by atoms with Crippen LogP contribution in [-0.4, -0.2) is 27.3 Å². The number of benzene rings is 2. The summed E-state index contributed by atoms with van der Waals surface area (Å²) in [7, 11) is 0. The summed E-state index contributed by atoms with van der Waals surface area (Å²) in [4.78, 5) is 29.6. The van der Waals surface area contributed by atoms with Crippen molar-refractivity contribution in [3.63, 3.8) is 0 Å². The van der Waals surface area contributed by atoms with Crippen LogP contribution in [0.1, 0.15) is 78.0 Å². The van der Waals surface area contributed by atoms with E-state index in [1.807, 2.05) is 55.6 Å². The Kier molecular flexibility index (Phi) is 6.43. The van der Waals surface area contributed by atoms with E-state index in [2.05, 4.69) is 4.98 Å². The third-order valence-electron chi connectivity index (χ3n) is 6.04. The van der Waals surface area contributed by atoms with Crippen LogP contribution in [-0.2, 0) is 6.42 Å². The predicted octanol–water partition coefficient (Wildman–Crippen LogP) is 5.75. The molecule has 2 heterocycles. The van der Waals surface area contributed by atoms with Crippen molar-refractivity contribution in [3.8, 4) is 16.9 Å². The van der Waals surface area contributed by atoms with E-state index in [0.29, 0.717) is 42.6 Å². The van der Waals surface area contributed by atoms with Gasteiger partial charge in [-0.2, -0.15) is 0 Å². The van der Waals surface area contributed by atoms with Gasteiger partial charge in [0.15, 0.2) is 11.6 Å². The minimum absolute atomic E-state index is 0.00161. The largest absolute Gasteiger partial charge is 0.485 e. The molecule has 4 rings (SSSR count). The summed E-state index contributed by atoms with van der Waals surface area (Å²) in [6, 6.07) is 15.0. The molecule has 0 saturated heterocycles. The third-order valence-corrected chi connectivity index (χ3v) is 6.04.